The molecule has 0 aromatic carbocycles. The van der Waals surface area contributed by atoms with Crippen LogP contribution in [0.1, 0.15) is 17.1 Å². The molecule has 0 bridgehead atoms. The molecule has 0 aliphatic carbocycles. The number of nitrogens with one attached hydrogen (secondary N) is 1. The van der Waals surface area contributed by atoms with Crippen LogP contribution in [0.15, 0.2) is 10.5 Å². The zero-order valence-corrected chi connectivity index (χ0v) is 11.1. The number of aromatic nitrogens is 1. The van der Waals surface area contributed by atoms with Crippen molar-refractivity contribution in [2.45, 2.75) is 25.9 Å². The Morgan fingerprint density at radius 3 is 3.00 bits per heavy atom. The predicted octanol–water partition coefficient (Wildman–Crippen LogP) is 0.340. The molecule has 0 fully saturated rings. The van der Waals surface area contributed by atoms with Crippen LogP contribution >= 0.6 is 11.3 Å². The second-order valence-corrected chi connectivity index (χ2v) is 5.10. The minimum Gasteiger partial charge on any atom is -0.477 e. The van der Waals surface area contributed by atoms with Gasteiger partial charge in [0.15, 0.2) is 5.71 Å². The molecular weight excluding hydrogens is 270 g/mol. The Labute approximate surface area is 113 Å². The summed E-state index contributed by atoms with van der Waals surface area (Å²) in [5, 5.41) is 17.6. The molecule has 1 atom stereocenters. The van der Waals surface area contributed by atoms with E-state index in [2.05, 4.69) is 15.5 Å². The summed E-state index contributed by atoms with van der Waals surface area (Å²) in [6, 6.07) is 0. The standard InChI is InChI=1S/C11H13N3O4S/c1-6-13-7(5-19-6)2-3-12-10(15)9-4-8(11(16)17)14-18-9/h5,9H,2-4H2,1H3,(H,12,15)(H,16,17). The number of aryl methyl sites for hydroxylation is 1. The number of aliphatic carboxylic acids is 1. The van der Waals surface area contributed by atoms with Crippen molar-refractivity contribution in [2.24, 2.45) is 5.16 Å². The van der Waals surface area contributed by atoms with E-state index in [1.165, 1.54) is 0 Å². The summed E-state index contributed by atoms with van der Waals surface area (Å²) in [6.07, 6.45) is -0.213. The van der Waals surface area contributed by atoms with Gasteiger partial charge in [-0.05, 0) is 6.92 Å². The van der Waals surface area contributed by atoms with Crippen molar-refractivity contribution in [3.63, 3.8) is 0 Å². The Morgan fingerprint density at radius 1 is 1.63 bits per heavy atom. The number of carboxylic acids is 1. The maximum atomic E-state index is 11.7. The van der Waals surface area contributed by atoms with Crippen molar-refractivity contribution in [3.05, 3.63) is 16.1 Å². The highest BCUT2D eigenvalue weighted by Crippen LogP contribution is 2.11. The van der Waals surface area contributed by atoms with Crippen molar-refractivity contribution < 1.29 is 19.5 Å². The highest BCUT2D eigenvalue weighted by molar-refractivity contribution is 7.09. The lowest BCUT2D eigenvalue weighted by molar-refractivity contribution is -0.131. The average Bonchev–Trinajstić information content (AvgIpc) is 2.98. The van der Waals surface area contributed by atoms with Gasteiger partial charge in [0, 0.05) is 24.8 Å². The first-order valence-electron chi connectivity index (χ1n) is 5.71. The van der Waals surface area contributed by atoms with Gasteiger partial charge in [-0.3, -0.25) is 4.79 Å². The zero-order valence-electron chi connectivity index (χ0n) is 10.3. The molecule has 2 rings (SSSR count). The lowest BCUT2D eigenvalue weighted by Gasteiger charge is -2.08. The van der Waals surface area contributed by atoms with E-state index in [-0.39, 0.29) is 18.0 Å². The molecule has 2 heterocycles. The van der Waals surface area contributed by atoms with Crippen LogP contribution in [0.4, 0.5) is 0 Å². The van der Waals surface area contributed by atoms with E-state index in [9.17, 15) is 9.59 Å². The van der Waals surface area contributed by atoms with E-state index >= 15 is 0 Å². The number of amides is 1. The Hall–Kier alpha value is -1.96. The van der Waals surface area contributed by atoms with E-state index in [0.717, 1.165) is 10.7 Å². The lowest BCUT2D eigenvalue weighted by atomic mass is 10.1. The number of carboxylic acid groups (broad SMARTS) is 1. The van der Waals surface area contributed by atoms with E-state index in [0.29, 0.717) is 13.0 Å². The quantitative estimate of drug-likeness (QED) is 0.811. The summed E-state index contributed by atoms with van der Waals surface area (Å²) >= 11 is 1.56. The van der Waals surface area contributed by atoms with Gasteiger partial charge in [-0.1, -0.05) is 5.16 Å². The van der Waals surface area contributed by atoms with Crippen LogP contribution in [0, 0.1) is 6.92 Å². The van der Waals surface area contributed by atoms with E-state index < -0.39 is 12.1 Å². The van der Waals surface area contributed by atoms with Crippen molar-refractivity contribution in [2.75, 3.05) is 6.54 Å². The minimum absolute atomic E-state index is 0.00300. The molecule has 0 radical (unpaired) electrons. The molecule has 102 valence electrons. The third-order valence-electron chi connectivity index (χ3n) is 2.56. The maximum absolute atomic E-state index is 11.7. The molecule has 1 aliphatic heterocycles. The van der Waals surface area contributed by atoms with Gasteiger partial charge in [-0.2, -0.15) is 0 Å². The molecule has 1 aromatic heterocycles. The summed E-state index contributed by atoms with van der Waals surface area (Å²) in [6.45, 7) is 2.36. The molecule has 0 saturated heterocycles. The van der Waals surface area contributed by atoms with Crippen LogP contribution in [0.3, 0.4) is 0 Å². The third-order valence-corrected chi connectivity index (χ3v) is 3.38. The van der Waals surface area contributed by atoms with Crippen LogP contribution in [0.5, 0.6) is 0 Å². The lowest BCUT2D eigenvalue weighted by Crippen LogP contribution is -2.36. The normalized spacial score (nSPS) is 17.7. The van der Waals surface area contributed by atoms with Gasteiger partial charge in [0.2, 0.25) is 6.10 Å². The van der Waals surface area contributed by atoms with Crippen LogP contribution < -0.4 is 5.32 Å². The van der Waals surface area contributed by atoms with Gasteiger partial charge < -0.3 is 15.3 Å². The molecule has 19 heavy (non-hydrogen) atoms. The summed E-state index contributed by atoms with van der Waals surface area (Å²) in [5.74, 6) is -1.51. The van der Waals surface area contributed by atoms with Gasteiger partial charge in [0.1, 0.15) is 0 Å². The number of carbonyl (C=O) groups is 2. The van der Waals surface area contributed by atoms with Gasteiger partial charge in [0.05, 0.1) is 10.7 Å². The molecule has 7 nitrogen and oxygen atoms in total. The summed E-state index contributed by atoms with van der Waals surface area (Å²) in [4.78, 5) is 31.4. The topological polar surface area (TPSA) is 101 Å². The number of rotatable bonds is 5. The first-order valence-corrected chi connectivity index (χ1v) is 6.59. The van der Waals surface area contributed by atoms with Crippen LogP contribution in [-0.4, -0.2) is 40.3 Å². The van der Waals surface area contributed by atoms with E-state index in [1.54, 1.807) is 11.3 Å². The second kappa shape index (κ2) is 5.79. The van der Waals surface area contributed by atoms with Gasteiger partial charge in [0.25, 0.3) is 5.91 Å². The molecule has 1 aromatic rings. The molecule has 8 heteroatoms. The zero-order chi connectivity index (χ0) is 13.8. The number of hydrogen-bond donors (Lipinski definition) is 2. The van der Waals surface area contributed by atoms with Crippen molar-refractivity contribution in [1.82, 2.24) is 10.3 Å². The molecule has 2 N–H and O–H groups in total. The van der Waals surface area contributed by atoms with Gasteiger partial charge >= 0.3 is 5.97 Å². The fourth-order valence-corrected chi connectivity index (χ4v) is 2.24. The minimum atomic E-state index is -1.16. The molecule has 1 aliphatic rings. The number of hydrogen-bond acceptors (Lipinski definition) is 6. The van der Waals surface area contributed by atoms with Crippen LogP contribution in [0.25, 0.3) is 0 Å². The Balaban J connectivity index is 1.73. The fourth-order valence-electron chi connectivity index (χ4n) is 1.59. The van der Waals surface area contributed by atoms with E-state index in [1.807, 2.05) is 12.3 Å². The SMILES string of the molecule is Cc1nc(CCNC(=O)C2CC(C(=O)O)=NO2)cs1. The van der Waals surface area contributed by atoms with Gasteiger partial charge in [-0.25, -0.2) is 9.78 Å². The smallest absolute Gasteiger partial charge is 0.353 e. The first kappa shape index (κ1) is 13.5. The number of nitrogens with zero attached hydrogens (tertiary/aromatic N) is 2. The average molecular weight is 283 g/mol. The monoisotopic (exact) mass is 283 g/mol. The third kappa shape index (κ3) is 3.50. The highest BCUT2D eigenvalue weighted by Gasteiger charge is 2.31. The van der Waals surface area contributed by atoms with E-state index in [4.69, 9.17) is 9.94 Å². The first-order chi connectivity index (χ1) is 9.06. The van der Waals surface area contributed by atoms with Crippen molar-refractivity contribution >= 4 is 28.9 Å². The summed E-state index contributed by atoms with van der Waals surface area (Å²) in [5.41, 5.74) is 0.799. The second-order valence-electron chi connectivity index (χ2n) is 4.04. The van der Waals surface area contributed by atoms with Crippen molar-refractivity contribution in [1.29, 1.82) is 0 Å². The Kier molecular flexibility index (Phi) is 4.10. The van der Waals surface area contributed by atoms with Crippen molar-refractivity contribution in [3.8, 4) is 0 Å². The summed E-state index contributed by atoms with van der Waals surface area (Å²) < 4.78 is 0. The van der Waals surface area contributed by atoms with Crippen LogP contribution in [0.2, 0.25) is 0 Å². The molecule has 0 saturated carbocycles. The van der Waals surface area contributed by atoms with Crippen LogP contribution in [-0.2, 0) is 20.8 Å². The Bertz CT molecular complexity index is 526. The number of carbonyl (C=O) groups excluding carboxylic acids is 1. The van der Waals surface area contributed by atoms with Gasteiger partial charge in [-0.15, -0.1) is 11.3 Å². The molecule has 1 unspecified atom stereocenters. The summed E-state index contributed by atoms with van der Waals surface area (Å²) in [7, 11) is 0. The number of oxime groups is 1. The highest BCUT2D eigenvalue weighted by atomic mass is 32.1. The number of thiazole rings is 1. The molecular formula is C11H13N3O4S. The fraction of sp³-hybridized carbons (Fsp3) is 0.455. The molecule has 0 spiro atoms. The Morgan fingerprint density at radius 2 is 2.42 bits per heavy atom. The predicted molar refractivity (Wildman–Crippen MR) is 68.1 cm³/mol. The molecule has 1 amide bonds. The largest absolute Gasteiger partial charge is 0.477 e. The maximum Gasteiger partial charge on any atom is 0.353 e.